The van der Waals surface area contributed by atoms with Crippen molar-refractivity contribution in [1.82, 2.24) is 9.88 Å². The molecular formula is C22H26N2OS. The smallest absolute Gasteiger partial charge is 0.118 e. The zero-order chi connectivity index (χ0) is 17.9. The largest absolute Gasteiger partial charge is 0.497 e. The van der Waals surface area contributed by atoms with E-state index < -0.39 is 0 Å². The summed E-state index contributed by atoms with van der Waals surface area (Å²) in [6, 6.07) is 15.8. The zero-order valence-corrected chi connectivity index (χ0v) is 16.3. The fraction of sp³-hybridized carbons (Fsp3) is 0.364. The first kappa shape index (κ1) is 17.5. The molecule has 1 N–H and O–H groups in total. The van der Waals surface area contributed by atoms with Gasteiger partial charge in [0.2, 0.25) is 0 Å². The third-order valence-electron chi connectivity index (χ3n) is 5.47. The minimum atomic E-state index is 0.619. The van der Waals surface area contributed by atoms with E-state index in [1.165, 1.54) is 46.3 Å². The van der Waals surface area contributed by atoms with E-state index in [4.69, 9.17) is 4.74 Å². The number of ether oxygens (including phenoxy) is 1. The molecule has 0 spiro atoms. The van der Waals surface area contributed by atoms with Gasteiger partial charge in [-0.25, -0.2) is 0 Å². The van der Waals surface area contributed by atoms with Crippen LogP contribution in [0.25, 0.3) is 10.9 Å². The second kappa shape index (κ2) is 7.77. The molecule has 4 rings (SSSR count). The van der Waals surface area contributed by atoms with Crippen molar-refractivity contribution in [2.75, 3.05) is 19.9 Å². The summed E-state index contributed by atoms with van der Waals surface area (Å²) >= 11 is 1.81. The van der Waals surface area contributed by atoms with Crippen molar-refractivity contribution in [2.45, 2.75) is 36.7 Å². The average molecular weight is 367 g/mol. The molecule has 0 radical (unpaired) electrons. The summed E-state index contributed by atoms with van der Waals surface area (Å²) in [5.41, 5.74) is 4.06. The summed E-state index contributed by atoms with van der Waals surface area (Å²) in [4.78, 5) is 7.42. The molecule has 1 saturated heterocycles. The quantitative estimate of drug-likeness (QED) is 0.615. The third-order valence-corrected chi connectivity index (χ3v) is 6.20. The average Bonchev–Trinajstić information content (AvgIpc) is 3.29. The Balaban J connectivity index is 1.50. The van der Waals surface area contributed by atoms with E-state index in [0.717, 1.165) is 18.7 Å². The predicted octanol–water partition coefficient (Wildman–Crippen LogP) is 5.11. The van der Waals surface area contributed by atoms with Crippen LogP contribution in [-0.4, -0.2) is 35.8 Å². The number of H-pyrrole nitrogens is 1. The molecule has 1 aromatic heterocycles. The van der Waals surface area contributed by atoms with Crippen LogP contribution in [0.1, 0.15) is 24.0 Å². The monoisotopic (exact) mass is 366 g/mol. The number of aromatic amines is 1. The number of methoxy groups -OCH3 is 1. The van der Waals surface area contributed by atoms with Gasteiger partial charge in [-0.15, -0.1) is 11.8 Å². The first-order valence-electron chi connectivity index (χ1n) is 9.28. The normalized spacial score (nSPS) is 17.8. The Labute approximate surface area is 159 Å². The molecule has 4 heteroatoms. The molecule has 2 aromatic carbocycles. The van der Waals surface area contributed by atoms with E-state index in [2.05, 4.69) is 64.8 Å². The number of fused-ring (bicyclic) bond motifs is 1. The number of hydrogen-bond donors (Lipinski definition) is 1. The molecule has 1 atom stereocenters. The maximum absolute atomic E-state index is 5.27. The van der Waals surface area contributed by atoms with Crippen molar-refractivity contribution >= 4 is 22.7 Å². The minimum Gasteiger partial charge on any atom is -0.497 e. The Morgan fingerprint density at radius 1 is 1.19 bits per heavy atom. The summed E-state index contributed by atoms with van der Waals surface area (Å²) in [6.45, 7) is 2.21. The van der Waals surface area contributed by atoms with Crippen LogP contribution in [0.5, 0.6) is 5.75 Å². The summed E-state index contributed by atoms with van der Waals surface area (Å²) in [7, 11) is 1.72. The van der Waals surface area contributed by atoms with Crippen LogP contribution in [0.15, 0.2) is 53.6 Å². The highest BCUT2D eigenvalue weighted by molar-refractivity contribution is 7.98. The van der Waals surface area contributed by atoms with E-state index in [0.29, 0.717) is 6.04 Å². The lowest BCUT2D eigenvalue weighted by Crippen LogP contribution is -2.30. The van der Waals surface area contributed by atoms with Crippen molar-refractivity contribution in [3.05, 3.63) is 59.8 Å². The molecule has 1 fully saturated rings. The van der Waals surface area contributed by atoms with E-state index in [9.17, 15) is 0 Å². The number of nitrogens with zero attached hydrogens (tertiary/aromatic N) is 1. The van der Waals surface area contributed by atoms with Gasteiger partial charge in [-0.3, -0.25) is 4.90 Å². The predicted molar refractivity (Wildman–Crippen MR) is 110 cm³/mol. The Bertz CT molecular complexity index is 871. The van der Waals surface area contributed by atoms with Gasteiger partial charge in [0.05, 0.1) is 7.11 Å². The molecule has 136 valence electrons. The van der Waals surface area contributed by atoms with Gasteiger partial charge < -0.3 is 9.72 Å². The molecule has 1 aliphatic heterocycles. The number of hydrogen-bond acceptors (Lipinski definition) is 3. The van der Waals surface area contributed by atoms with Crippen molar-refractivity contribution in [1.29, 1.82) is 0 Å². The molecule has 0 saturated carbocycles. The Morgan fingerprint density at radius 2 is 2.04 bits per heavy atom. The molecule has 3 nitrogen and oxygen atoms in total. The first-order valence-corrected chi connectivity index (χ1v) is 10.5. The number of rotatable bonds is 6. The van der Waals surface area contributed by atoms with Gasteiger partial charge in [0.1, 0.15) is 5.75 Å². The van der Waals surface area contributed by atoms with Crippen LogP contribution >= 0.6 is 11.8 Å². The molecular weight excluding hydrogens is 340 g/mol. The highest BCUT2D eigenvalue weighted by Crippen LogP contribution is 2.29. The fourth-order valence-electron chi connectivity index (χ4n) is 4.01. The second-order valence-electron chi connectivity index (χ2n) is 7.04. The first-order chi connectivity index (χ1) is 12.8. The van der Waals surface area contributed by atoms with Gasteiger partial charge in [-0.05, 0) is 73.5 Å². The van der Waals surface area contributed by atoms with Gasteiger partial charge in [-0.1, -0.05) is 12.1 Å². The summed E-state index contributed by atoms with van der Waals surface area (Å²) in [5, 5.41) is 1.38. The van der Waals surface area contributed by atoms with Gasteiger partial charge in [0.25, 0.3) is 0 Å². The molecule has 0 unspecified atom stereocenters. The summed E-state index contributed by atoms with van der Waals surface area (Å²) in [6.07, 6.45) is 8.04. The van der Waals surface area contributed by atoms with Gasteiger partial charge in [0, 0.05) is 34.6 Å². The fourth-order valence-corrected chi connectivity index (χ4v) is 4.45. The van der Waals surface area contributed by atoms with Crippen LogP contribution in [0.2, 0.25) is 0 Å². The number of nitrogens with one attached hydrogen (secondary N) is 1. The molecule has 3 aromatic rings. The van der Waals surface area contributed by atoms with E-state index >= 15 is 0 Å². The van der Waals surface area contributed by atoms with Crippen molar-refractivity contribution in [3.8, 4) is 5.75 Å². The lowest BCUT2D eigenvalue weighted by atomic mass is 10.0. The Hall–Kier alpha value is -1.91. The number of likely N-dealkylation sites (tertiary alicyclic amines) is 1. The zero-order valence-electron chi connectivity index (χ0n) is 15.5. The standard InChI is InChI=1S/C22H26N2OS/c1-25-19-7-5-16(6-8-19)15-24-11-3-4-18(24)12-17-14-23-22-10-9-20(26-2)13-21(17)22/h5-10,13-14,18,23H,3-4,11-12,15H2,1-2H3/t18-/m1/s1. The second-order valence-corrected chi connectivity index (χ2v) is 7.92. The number of thioether (sulfide) groups is 1. The van der Waals surface area contributed by atoms with Crippen LogP contribution in [0, 0.1) is 0 Å². The van der Waals surface area contributed by atoms with E-state index in [1.807, 2.05) is 11.8 Å². The molecule has 1 aliphatic rings. The van der Waals surface area contributed by atoms with Crippen molar-refractivity contribution < 1.29 is 4.74 Å². The van der Waals surface area contributed by atoms with Gasteiger partial charge >= 0.3 is 0 Å². The molecule has 0 bridgehead atoms. The Kier molecular flexibility index (Phi) is 5.23. The van der Waals surface area contributed by atoms with Crippen LogP contribution in [0.3, 0.4) is 0 Å². The third kappa shape index (κ3) is 3.62. The van der Waals surface area contributed by atoms with Crippen molar-refractivity contribution in [3.63, 3.8) is 0 Å². The molecule has 0 aliphatic carbocycles. The highest BCUT2D eigenvalue weighted by atomic mass is 32.2. The number of aromatic nitrogens is 1. The SMILES string of the molecule is COc1ccc(CN2CCC[C@@H]2Cc2c[nH]c3ccc(SC)cc23)cc1. The summed E-state index contributed by atoms with van der Waals surface area (Å²) < 4.78 is 5.27. The minimum absolute atomic E-state index is 0.619. The molecule has 0 amide bonds. The van der Waals surface area contributed by atoms with Crippen LogP contribution < -0.4 is 4.74 Å². The van der Waals surface area contributed by atoms with Crippen molar-refractivity contribution in [2.24, 2.45) is 0 Å². The highest BCUT2D eigenvalue weighted by Gasteiger charge is 2.25. The van der Waals surface area contributed by atoms with E-state index in [1.54, 1.807) is 7.11 Å². The Morgan fingerprint density at radius 3 is 2.81 bits per heavy atom. The summed E-state index contributed by atoms with van der Waals surface area (Å²) in [5.74, 6) is 0.926. The van der Waals surface area contributed by atoms with Gasteiger partial charge in [0.15, 0.2) is 0 Å². The lowest BCUT2D eigenvalue weighted by molar-refractivity contribution is 0.244. The van der Waals surface area contributed by atoms with Crippen LogP contribution in [-0.2, 0) is 13.0 Å². The van der Waals surface area contributed by atoms with Crippen LogP contribution in [0.4, 0.5) is 0 Å². The molecule has 2 heterocycles. The lowest BCUT2D eigenvalue weighted by Gasteiger charge is -2.24. The number of benzene rings is 2. The topological polar surface area (TPSA) is 28.3 Å². The van der Waals surface area contributed by atoms with Gasteiger partial charge in [-0.2, -0.15) is 0 Å². The maximum atomic E-state index is 5.27. The maximum Gasteiger partial charge on any atom is 0.118 e. The van der Waals surface area contributed by atoms with E-state index in [-0.39, 0.29) is 0 Å². The molecule has 26 heavy (non-hydrogen) atoms.